The van der Waals surface area contributed by atoms with E-state index in [0.29, 0.717) is 0 Å². The number of aromatic nitrogens is 1. The van der Waals surface area contributed by atoms with Crippen molar-refractivity contribution in [3.63, 3.8) is 0 Å². The quantitative estimate of drug-likeness (QED) is 0.204. The van der Waals surface area contributed by atoms with Crippen molar-refractivity contribution in [3.8, 4) is 22.3 Å². The van der Waals surface area contributed by atoms with Crippen LogP contribution in [0.3, 0.4) is 0 Å². The molecule has 0 saturated carbocycles. The summed E-state index contributed by atoms with van der Waals surface area (Å²) in [6, 6.07) is 49.5. The summed E-state index contributed by atoms with van der Waals surface area (Å²) in [4.78, 5) is 14.0. The van der Waals surface area contributed by atoms with Crippen LogP contribution in [0, 0.1) is 0 Å². The lowest BCUT2D eigenvalue weighted by atomic mass is 9.95. The van der Waals surface area contributed by atoms with Gasteiger partial charge in [-0.1, -0.05) is 90.6 Å². The fraction of sp³-hybridized carbons (Fsp3) is 0.0263. The van der Waals surface area contributed by atoms with Crippen molar-refractivity contribution in [3.05, 3.63) is 158 Å². The maximum atomic E-state index is 4.81. The molecule has 0 unspecified atom stereocenters. The summed E-state index contributed by atoms with van der Waals surface area (Å²) in [6.45, 7) is 0.787. The Bertz CT molecular complexity index is 1950. The van der Waals surface area contributed by atoms with Gasteiger partial charge in [-0.25, -0.2) is 4.98 Å². The number of pyridine rings is 1. The molecule has 0 N–H and O–H groups in total. The van der Waals surface area contributed by atoms with Gasteiger partial charge in [-0.3, -0.25) is 4.90 Å². The minimum absolute atomic E-state index is 0.787. The lowest BCUT2D eigenvalue weighted by Gasteiger charge is -2.26. The van der Waals surface area contributed by atoms with Crippen LogP contribution in [0.5, 0.6) is 0 Å². The Hall–Kier alpha value is -5.26. The molecule has 8 rings (SSSR count). The van der Waals surface area contributed by atoms with Crippen LogP contribution in [0.2, 0.25) is 0 Å². The summed E-state index contributed by atoms with van der Waals surface area (Å²) < 4.78 is 0. The normalized spacial score (nSPS) is 13.3. The van der Waals surface area contributed by atoms with Gasteiger partial charge >= 0.3 is 0 Å². The van der Waals surface area contributed by atoms with Crippen molar-refractivity contribution >= 4 is 40.3 Å². The number of benzene rings is 5. The van der Waals surface area contributed by atoms with Crippen molar-refractivity contribution in [1.82, 2.24) is 4.98 Å². The van der Waals surface area contributed by atoms with Gasteiger partial charge in [0.15, 0.2) is 0 Å². The SMILES string of the molecule is C1=CN(c2cccc(Sc3ccc4c(c3)N(c3ccccn3)c3ccccc3-c3ccccc3-4)c2)CN1c1ccccc1. The average Bonchev–Trinajstić information content (AvgIpc) is 3.53. The monoisotopic (exact) mass is 572 g/mol. The Balaban J connectivity index is 1.17. The lowest BCUT2D eigenvalue weighted by Crippen LogP contribution is -2.24. The van der Waals surface area contributed by atoms with E-state index in [9.17, 15) is 0 Å². The Labute approximate surface area is 256 Å². The summed E-state index contributed by atoms with van der Waals surface area (Å²) in [5.74, 6) is 0.900. The Morgan fingerprint density at radius 2 is 1.14 bits per heavy atom. The summed E-state index contributed by atoms with van der Waals surface area (Å²) in [7, 11) is 0. The van der Waals surface area contributed by atoms with E-state index in [-0.39, 0.29) is 0 Å². The predicted molar refractivity (Wildman–Crippen MR) is 179 cm³/mol. The molecular formula is C38H28N4S. The average molecular weight is 573 g/mol. The fourth-order valence-corrected chi connectivity index (χ4v) is 6.84. The number of fused-ring (bicyclic) bond motifs is 5. The van der Waals surface area contributed by atoms with Gasteiger partial charge in [0.2, 0.25) is 0 Å². The van der Waals surface area contributed by atoms with Crippen molar-refractivity contribution in [2.24, 2.45) is 0 Å². The molecule has 206 valence electrons. The molecular weight excluding hydrogens is 545 g/mol. The van der Waals surface area contributed by atoms with Crippen molar-refractivity contribution < 1.29 is 0 Å². The second-order valence-corrected chi connectivity index (χ2v) is 11.7. The van der Waals surface area contributed by atoms with Crippen LogP contribution in [0.1, 0.15) is 0 Å². The molecule has 0 saturated heterocycles. The Kier molecular flexibility index (Phi) is 6.43. The van der Waals surface area contributed by atoms with Crippen LogP contribution >= 0.6 is 11.8 Å². The molecule has 0 bridgehead atoms. The molecule has 0 atom stereocenters. The van der Waals surface area contributed by atoms with E-state index in [4.69, 9.17) is 4.98 Å². The smallest absolute Gasteiger partial charge is 0.137 e. The standard InChI is InChI=1S/C38H28N4S/c1-2-11-28(12-3-1)40-23-24-41(27-40)29-13-10-14-30(25-29)43-31-20-21-35-33-16-5-4-15-32(33)34-17-6-7-18-36(34)42(37(35)26-31)38-19-8-9-22-39-38/h1-26H,27H2. The van der Waals surface area contributed by atoms with E-state index >= 15 is 0 Å². The van der Waals surface area contributed by atoms with Crippen molar-refractivity contribution in [2.75, 3.05) is 21.4 Å². The highest BCUT2D eigenvalue weighted by atomic mass is 32.2. The van der Waals surface area contributed by atoms with Gasteiger partial charge < -0.3 is 9.80 Å². The van der Waals surface area contributed by atoms with E-state index in [1.807, 2.05) is 12.3 Å². The molecule has 0 radical (unpaired) electrons. The minimum Gasteiger partial charge on any atom is -0.328 e. The minimum atomic E-state index is 0.787. The number of rotatable bonds is 5. The highest BCUT2D eigenvalue weighted by Gasteiger charge is 2.26. The third-order valence-corrected chi connectivity index (χ3v) is 8.92. The first-order valence-corrected chi connectivity index (χ1v) is 15.2. The van der Waals surface area contributed by atoms with Crippen LogP contribution < -0.4 is 14.7 Å². The van der Waals surface area contributed by atoms with Gasteiger partial charge in [-0.15, -0.1) is 0 Å². The van der Waals surface area contributed by atoms with Crippen LogP contribution in [-0.2, 0) is 0 Å². The van der Waals surface area contributed by atoms with E-state index in [1.165, 1.54) is 43.4 Å². The molecule has 2 aliphatic heterocycles. The molecule has 5 heteroatoms. The van der Waals surface area contributed by atoms with Crippen LogP contribution in [-0.4, -0.2) is 11.7 Å². The molecule has 0 amide bonds. The first-order valence-electron chi connectivity index (χ1n) is 14.4. The third-order valence-electron chi connectivity index (χ3n) is 7.94. The van der Waals surface area contributed by atoms with Gasteiger partial charge in [-0.05, 0) is 71.8 Å². The largest absolute Gasteiger partial charge is 0.328 e. The second kappa shape index (κ2) is 10.9. The van der Waals surface area contributed by atoms with Crippen LogP contribution in [0.4, 0.5) is 28.6 Å². The molecule has 5 aromatic carbocycles. The molecule has 0 fully saturated rings. The van der Waals surface area contributed by atoms with Crippen molar-refractivity contribution in [2.45, 2.75) is 9.79 Å². The van der Waals surface area contributed by atoms with Gasteiger partial charge in [0.25, 0.3) is 0 Å². The predicted octanol–water partition coefficient (Wildman–Crippen LogP) is 10.1. The third kappa shape index (κ3) is 4.74. The summed E-state index contributed by atoms with van der Waals surface area (Å²) in [5, 5.41) is 0. The number of hydrogen-bond acceptors (Lipinski definition) is 5. The first-order chi connectivity index (χ1) is 21.3. The van der Waals surface area contributed by atoms with Gasteiger partial charge in [-0.2, -0.15) is 0 Å². The van der Waals surface area contributed by atoms with Gasteiger partial charge in [0.05, 0.1) is 18.0 Å². The van der Waals surface area contributed by atoms with E-state index in [0.717, 1.165) is 23.9 Å². The molecule has 4 nitrogen and oxygen atoms in total. The maximum Gasteiger partial charge on any atom is 0.137 e. The number of hydrogen-bond donors (Lipinski definition) is 0. The fourth-order valence-electron chi connectivity index (χ4n) is 5.94. The first kappa shape index (κ1) is 25.5. The molecule has 6 aromatic rings. The summed E-state index contributed by atoms with van der Waals surface area (Å²) in [6.07, 6.45) is 6.16. The van der Waals surface area contributed by atoms with Crippen LogP contribution in [0.25, 0.3) is 22.3 Å². The molecule has 0 aliphatic carbocycles. The second-order valence-electron chi connectivity index (χ2n) is 10.6. The summed E-state index contributed by atoms with van der Waals surface area (Å²) >= 11 is 1.79. The molecule has 1 aromatic heterocycles. The zero-order valence-electron chi connectivity index (χ0n) is 23.4. The zero-order valence-corrected chi connectivity index (χ0v) is 24.2. The number of nitrogens with zero attached hydrogens (tertiary/aromatic N) is 4. The number of para-hydroxylation sites is 2. The molecule has 3 heterocycles. The van der Waals surface area contributed by atoms with Crippen LogP contribution in [0.15, 0.2) is 168 Å². The highest BCUT2D eigenvalue weighted by molar-refractivity contribution is 7.99. The molecule has 2 aliphatic rings. The highest BCUT2D eigenvalue weighted by Crippen LogP contribution is 2.51. The molecule has 0 spiro atoms. The topological polar surface area (TPSA) is 22.6 Å². The van der Waals surface area contributed by atoms with Crippen molar-refractivity contribution in [1.29, 1.82) is 0 Å². The van der Waals surface area contributed by atoms with Gasteiger partial charge in [0, 0.05) is 50.9 Å². The zero-order chi connectivity index (χ0) is 28.6. The maximum absolute atomic E-state index is 4.81. The van der Waals surface area contributed by atoms with E-state index < -0.39 is 0 Å². The Morgan fingerprint density at radius 3 is 1.93 bits per heavy atom. The Morgan fingerprint density at radius 1 is 0.488 bits per heavy atom. The summed E-state index contributed by atoms with van der Waals surface area (Å²) in [5.41, 5.74) is 9.46. The molecule has 43 heavy (non-hydrogen) atoms. The number of anilines is 5. The van der Waals surface area contributed by atoms with E-state index in [1.54, 1.807) is 11.8 Å². The van der Waals surface area contributed by atoms with E-state index in [2.05, 4.69) is 161 Å². The van der Waals surface area contributed by atoms with Gasteiger partial charge in [0.1, 0.15) is 5.82 Å². The lowest BCUT2D eigenvalue weighted by molar-refractivity contribution is 0.973.